The standard InChI is InChI=1S/C13H15N3O3/c1-9(7-16-6-5-14-8-16)15-13(19)10-3-2-4-11(17)12(10)18/h2-6,8-9,17-18H,7H2,1H3,(H,15,19). The van der Waals surface area contributed by atoms with Gasteiger partial charge in [-0.05, 0) is 19.1 Å². The molecule has 6 nitrogen and oxygen atoms in total. The molecule has 1 unspecified atom stereocenters. The summed E-state index contributed by atoms with van der Waals surface area (Å²) in [5, 5.41) is 21.7. The zero-order valence-corrected chi connectivity index (χ0v) is 10.4. The smallest absolute Gasteiger partial charge is 0.255 e. The summed E-state index contributed by atoms with van der Waals surface area (Å²) < 4.78 is 1.84. The van der Waals surface area contributed by atoms with Crippen LogP contribution in [-0.4, -0.2) is 31.7 Å². The molecule has 1 atom stereocenters. The van der Waals surface area contributed by atoms with E-state index in [1.807, 2.05) is 11.5 Å². The van der Waals surface area contributed by atoms with Crippen LogP contribution in [0.4, 0.5) is 0 Å². The van der Waals surface area contributed by atoms with Crippen LogP contribution in [0.3, 0.4) is 0 Å². The Kier molecular flexibility index (Phi) is 3.70. The summed E-state index contributed by atoms with van der Waals surface area (Å²) in [5.74, 6) is -1.15. The molecule has 1 aromatic heterocycles. The average Bonchev–Trinajstić information content (AvgIpc) is 2.85. The lowest BCUT2D eigenvalue weighted by molar-refractivity contribution is 0.0933. The molecular weight excluding hydrogens is 246 g/mol. The molecule has 0 bridgehead atoms. The molecule has 3 N–H and O–H groups in total. The van der Waals surface area contributed by atoms with Crippen molar-refractivity contribution in [2.45, 2.75) is 19.5 Å². The van der Waals surface area contributed by atoms with Gasteiger partial charge in [0.2, 0.25) is 0 Å². The predicted molar refractivity (Wildman–Crippen MR) is 68.9 cm³/mol. The first-order valence-corrected chi connectivity index (χ1v) is 5.85. The fraction of sp³-hybridized carbons (Fsp3) is 0.231. The first-order chi connectivity index (χ1) is 9.08. The lowest BCUT2D eigenvalue weighted by Gasteiger charge is -2.15. The van der Waals surface area contributed by atoms with Crippen LogP contribution in [0.5, 0.6) is 11.5 Å². The largest absolute Gasteiger partial charge is 0.504 e. The maximum absolute atomic E-state index is 11.9. The van der Waals surface area contributed by atoms with Crippen molar-refractivity contribution in [2.24, 2.45) is 0 Å². The summed E-state index contributed by atoms with van der Waals surface area (Å²) in [7, 11) is 0. The van der Waals surface area contributed by atoms with Gasteiger partial charge in [-0.25, -0.2) is 4.98 Å². The van der Waals surface area contributed by atoms with Gasteiger partial charge < -0.3 is 20.1 Å². The van der Waals surface area contributed by atoms with Gasteiger partial charge in [0.1, 0.15) is 0 Å². The van der Waals surface area contributed by atoms with Gasteiger partial charge in [-0.3, -0.25) is 4.79 Å². The Labute approximate surface area is 110 Å². The normalized spacial score (nSPS) is 12.1. The Hall–Kier alpha value is -2.50. The fourth-order valence-corrected chi connectivity index (χ4v) is 1.77. The van der Waals surface area contributed by atoms with E-state index in [1.165, 1.54) is 18.2 Å². The number of aromatic hydroxyl groups is 2. The van der Waals surface area contributed by atoms with Crippen LogP contribution in [-0.2, 0) is 6.54 Å². The maximum atomic E-state index is 11.9. The van der Waals surface area contributed by atoms with Gasteiger partial charge in [-0.1, -0.05) is 6.07 Å². The van der Waals surface area contributed by atoms with Gasteiger partial charge in [0.15, 0.2) is 11.5 Å². The van der Waals surface area contributed by atoms with E-state index in [2.05, 4.69) is 10.3 Å². The molecule has 1 heterocycles. The van der Waals surface area contributed by atoms with Gasteiger partial charge in [0, 0.05) is 25.0 Å². The van der Waals surface area contributed by atoms with Crippen molar-refractivity contribution in [2.75, 3.05) is 0 Å². The predicted octanol–water partition coefficient (Wildman–Crippen LogP) is 1.11. The minimum atomic E-state index is -0.430. The minimum Gasteiger partial charge on any atom is -0.504 e. The highest BCUT2D eigenvalue weighted by atomic mass is 16.3. The molecule has 0 aliphatic heterocycles. The topological polar surface area (TPSA) is 87.4 Å². The molecule has 0 fully saturated rings. The Balaban J connectivity index is 2.02. The third-order valence-corrected chi connectivity index (χ3v) is 2.68. The van der Waals surface area contributed by atoms with E-state index in [0.29, 0.717) is 6.54 Å². The van der Waals surface area contributed by atoms with Gasteiger partial charge in [0.05, 0.1) is 11.9 Å². The summed E-state index contributed by atoms with van der Waals surface area (Å²) >= 11 is 0. The van der Waals surface area contributed by atoms with Crippen LogP contribution in [0.2, 0.25) is 0 Å². The Morgan fingerprint density at radius 3 is 2.95 bits per heavy atom. The van der Waals surface area contributed by atoms with Crippen molar-refractivity contribution in [3.8, 4) is 11.5 Å². The van der Waals surface area contributed by atoms with Crippen LogP contribution in [0.25, 0.3) is 0 Å². The monoisotopic (exact) mass is 261 g/mol. The highest BCUT2D eigenvalue weighted by molar-refractivity contribution is 5.97. The fourth-order valence-electron chi connectivity index (χ4n) is 1.77. The summed E-state index contributed by atoms with van der Waals surface area (Å²) in [5.41, 5.74) is 0.0532. The number of carbonyl (C=O) groups excluding carboxylic acids is 1. The number of carbonyl (C=O) groups is 1. The molecule has 2 rings (SSSR count). The second-order valence-corrected chi connectivity index (χ2v) is 4.31. The molecule has 0 spiro atoms. The van der Waals surface area contributed by atoms with Crippen molar-refractivity contribution in [3.05, 3.63) is 42.5 Å². The number of phenolic OH excluding ortho intramolecular Hbond substituents is 2. The Bertz CT molecular complexity index is 567. The number of nitrogens with zero attached hydrogens (tertiary/aromatic N) is 2. The van der Waals surface area contributed by atoms with Gasteiger partial charge in [-0.2, -0.15) is 0 Å². The number of amides is 1. The second-order valence-electron chi connectivity index (χ2n) is 4.31. The highest BCUT2D eigenvalue weighted by Crippen LogP contribution is 2.27. The molecule has 0 aliphatic rings. The lowest BCUT2D eigenvalue weighted by atomic mass is 10.1. The molecule has 0 saturated carbocycles. The lowest BCUT2D eigenvalue weighted by Crippen LogP contribution is -2.35. The molecule has 1 amide bonds. The van der Waals surface area contributed by atoms with Crippen LogP contribution < -0.4 is 5.32 Å². The van der Waals surface area contributed by atoms with E-state index in [4.69, 9.17) is 0 Å². The molecule has 6 heteroatoms. The number of hydrogen-bond acceptors (Lipinski definition) is 4. The number of nitrogens with one attached hydrogen (secondary N) is 1. The first-order valence-electron chi connectivity index (χ1n) is 5.85. The summed E-state index contributed by atoms with van der Waals surface area (Å²) in [4.78, 5) is 15.9. The Morgan fingerprint density at radius 2 is 2.26 bits per heavy atom. The van der Waals surface area contributed by atoms with E-state index in [1.54, 1.807) is 18.7 Å². The second kappa shape index (κ2) is 5.43. The van der Waals surface area contributed by atoms with Crippen LogP contribution in [0, 0.1) is 0 Å². The van der Waals surface area contributed by atoms with Crippen molar-refractivity contribution < 1.29 is 15.0 Å². The van der Waals surface area contributed by atoms with Crippen molar-refractivity contribution in [1.82, 2.24) is 14.9 Å². The third kappa shape index (κ3) is 3.04. The van der Waals surface area contributed by atoms with Gasteiger partial charge in [-0.15, -0.1) is 0 Å². The molecule has 2 aromatic rings. The number of benzene rings is 1. The molecular formula is C13H15N3O3. The first kappa shape index (κ1) is 12.9. The van der Waals surface area contributed by atoms with Gasteiger partial charge in [0.25, 0.3) is 5.91 Å². The van der Waals surface area contributed by atoms with Crippen molar-refractivity contribution >= 4 is 5.91 Å². The SMILES string of the molecule is CC(Cn1ccnc1)NC(=O)c1cccc(O)c1O. The number of phenols is 2. The number of para-hydroxylation sites is 1. The third-order valence-electron chi connectivity index (χ3n) is 2.68. The maximum Gasteiger partial charge on any atom is 0.255 e. The van der Waals surface area contributed by atoms with Crippen molar-refractivity contribution in [3.63, 3.8) is 0 Å². The molecule has 100 valence electrons. The molecule has 0 radical (unpaired) electrons. The molecule has 19 heavy (non-hydrogen) atoms. The van der Waals surface area contributed by atoms with Crippen LogP contribution >= 0.6 is 0 Å². The molecule has 1 aromatic carbocycles. The quantitative estimate of drug-likeness (QED) is 0.719. The van der Waals surface area contributed by atoms with Gasteiger partial charge >= 0.3 is 0 Å². The van der Waals surface area contributed by atoms with Crippen LogP contribution in [0.15, 0.2) is 36.9 Å². The van der Waals surface area contributed by atoms with E-state index >= 15 is 0 Å². The average molecular weight is 261 g/mol. The van der Waals surface area contributed by atoms with E-state index < -0.39 is 11.7 Å². The summed E-state index contributed by atoms with van der Waals surface area (Å²) in [6.45, 7) is 2.42. The Morgan fingerprint density at radius 1 is 1.47 bits per heavy atom. The number of imidazole rings is 1. The number of rotatable bonds is 4. The minimum absolute atomic E-state index is 0.0532. The number of aromatic nitrogens is 2. The zero-order chi connectivity index (χ0) is 13.8. The highest BCUT2D eigenvalue weighted by Gasteiger charge is 2.15. The molecule has 0 saturated heterocycles. The summed E-state index contributed by atoms with van der Waals surface area (Å²) in [6, 6.07) is 4.14. The zero-order valence-electron chi connectivity index (χ0n) is 10.4. The van der Waals surface area contributed by atoms with Crippen LogP contribution in [0.1, 0.15) is 17.3 Å². The molecule has 0 aliphatic carbocycles. The van der Waals surface area contributed by atoms with E-state index in [0.717, 1.165) is 0 Å². The van der Waals surface area contributed by atoms with E-state index in [-0.39, 0.29) is 17.4 Å². The van der Waals surface area contributed by atoms with E-state index in [9.17, 15) is 15.0 Å². The van der Waals surface area contributed by atoms with Crippen molar-refractivity contribution in [1.29, 1.82) is 0 Å². The summed E-state index contributed by atoms with van der Waals surface area (Å²) in [6.07, 6.45) is 5.12. The number of hydrogen-bond donors (Lipinski definition) is 3.